The minimum absolute atomic E-state index is 0.0493. The summed E-state index contributed by atoms with van der Waals surface area (Å²) in [6.07, 6.45) is 0.590. The molecule has 4 bridgehead atoms. The maximum Gasteiger partial charge on any atom is 0.418 e. The summed E-state index contributed by atoms with van der Waals surface area (Å²) >= 11 is 0. The number of carbonyl (C=O) groups is 5. The van der Waals surface area contributed by atoms with Crippen LogP contribution in [-0.2, 0) is 53.4 Å². The van der Waals surface area contributed by atoms with Gasteiger partial charge < -0.3 is 25.6 Å². The van der Waals surface area contributed by atoms with Crippen molar-refractivity contribution in [3.63, 3.8) is 0 Å². The molecule has 0 aromatic heterocycles. The molecule has 51 heavy (non-hydrogen) atoms. The van der Waals surface area contributed by atoms with Crippen molar-refractivity contribution in [2.24, 2.45) is 5.73 Å². The minimum Gasteiger partial charge on any atom is -0.444 e. The topological polar surface area (TPSA) is 315 Å². The molecule has 4 rings (SSSR count). The van der Waals surface area contributed by atoms with Gasteiger partial charge in [0.2, 0.25) is 0 Å². The van der Waals surface area contributed by atoms with Crippen LogP contribution in [0.1, 0.15) is 60.3 Å². The zero-order chi connectivity index (χ0) is 38.5. The summed E-state index contributed by atoms with van der Waals surface area (Å²) in [5, 5.41) is 3.67. The summed E-state index contributed by atoms with van der Waals surface area (Å²) in [4.78, 5) is 72.7. The molecule has 4 heterocycles. The Morgan fingerprint density at radius 3 is 1.59 bits per heavy atom. The van der Waals surface area contributed by atoms with E-state index < -0.39 is 86.6 Å². The predicted molar refractivity (Wildman–Crippen MR) is 167 cm³/mol. The SMILES string of the molecule is C[C@@H](CONC(=O)[C@@H]1CC[C@@H]2CN1C(=O)N2OS(=O)(=O)O)NC(=O)OC(C)(C)C.C[C@H](N)CONC(=O)[C@@H]1CC[C@@H]2CN1C(=O)N2OS(=O)(=O)O. The fraction of sp³-hybridized carbons (Fsp3) is 0.800. The molecule has 0 unspecified atom stereocenters. The molecule has 292 valence electrons. The van der Waals surface area contributed by atoms with E-state index in [1.54, 1.807) is 34.6 Å². The van der Waals surface area contributed by atoms with Crippen LogP contribution in [0, 0.1) is 0 Å². The fourth-order valence-electron chi connectivity index (χ4n) is 5.38. The Hall–Kier alpha value is -3.63. The number of hydroxylamine groups is 6. The third-order valence-electron chi connectivity index (χ3n) is 7.39. The summed E-state index contributed by atoms with van der Waals surface area (Å²) in [6.45, 7) is 8.79. The van der Waals surface area contributed by atoms with Crippen LogP contribution in [0.5, 0.6) is 0 Å². The number of nitrogens with two attached hydrogens (primary N) is 1. The number of fused-ring (bicyclic) bond motifs is 4. The first-order chi connectivity index (χ1) is 23.5. The molecule has 0 radical (unpaired) electrons. The van der Waals surface area contributed by atoms with Crippen LogP contribution >= 0.6 is 0 Å². The summed E-state index contributed by atoms with van der Waals surface area (Å²) in [7, 11) is -9.65. The second kappa shape index (κ2) is 16.8. The van der Waals surface area contributed by atoms with Crippen LogP contribution < -0.4 is 22.0 Å². The molecule has 0 aromatic carbocycles. The molecule has 4 aliphatic heterocycles. The quantitative estimate of drug-likeness (QED) is 0.0900. The van der Waals surface area contributed by atoms with E-state index in [4.69, 9.17) is 29.3 Å². The zero-order valence-electron chi connectivity index (χ0n) is 28.4. The summed E-state index contributed by atoms with van der Waals surface area (Å²) in [5.41, 5.74) is 9.26. The molecular weight excluding hydrogens is 732 g/mol. The molecule has 26 heteroatoms. The molecule has 6 atom stereocenters. The van der Waals surface area contributed by atoms with Gasteiger partial charge in [-0.25, -0.2) is 25.3 Å². The van der Waals surface area contributed by atoms with E-state index in [1.165, 1.54) is 4.90 Å². The van der Waals surface area contributed by atoms with Crippen LogP contribution in [0.4, 0.5) is 14.4 Å². The lowest BCUT2D eigenvalue weighted by Crippen LogP contribution is -2.50. The molecule has 4 saturated heterocycles. The molecule has 4 aliphatic rings. The third-order valence-corrected chi connectivity index (χ3v) is 8.09. The first-order valence-electron chi connectivity index (χ1n) is 15.6. The lowest BCUT2D eigenvalue weighted by atomic mass is 10.0. The largest absolute Gasteiger partial charge is 0.444 e. The maximum atomic E-state index is 12.3. The second-order valence-corrected chi connectivity index (χ2v) is 15.1. The monoisotopic (exact) mass is 776 g/mol. The highest BCUT2D eigenvalue weighted by Crippen LogP contribution is 2.32. The first-order valence-corrected chi connectivity index (χ1v) is 18.3. The van der Waals surface area contributed by atoms with Gasteiger partial charge in [-0.3, -0.25) is 28.4 Å². The fourth-order valence-corrected chi connectivity index (χ4v) is 6.15. The van der Waals surface area contributed by atoms with Gasteiger partial charge in [0.15, 0.2) is 0 Å². The van der Waals surface area contributed by atoms with Crippen LogP contribution in [0.2, 0.25) is 0 Å². The highest BCUT2D eigenvalue weighted by atomic mass is 32.3. The Labute approximate surface area is 293 Å². The number of urea groups is 2. The molecule has 4 fully saturated rings. The molecule has 0 aromatic rings. The Balaban J connectivity index is 0.000000286. The second-order valence-electron chi connectivity index (χ2n) is 13.1. The van der Waals surface area contributed by atoms with Gasteiger partial charge in [0.25, 0.3) is 11.8 Å². The number of carbonyl (C=O) groups excluding carboxylic acids is 5. The van der Waals surface area contributed by atoms with Gasteiger partial charge in [0, 0.05) is 19.1 Å². The van der Waals surface area contributed by atoms with E-state index in [2.05, 4.69) is 24.8 Å². The molecule has 0 aliphatic carbocycles. The standard InChI is InChI=1S/C15H26N4O9S.C10H18N4O7S/c1-9(16-13(21)27-15(2,3)4)8-26-17-12(20)11-6-5-10-7-18(11)14(22)19(10)28-29(23,24)25;1-6(11)5-20-12-9(15)8-3-2-7-4-13(8)10(16)14(7)21-22(17,18)19/h9-11H,5-8H2,1-4H3,(H,16,21)(H,17,20)(H,23,24,25);6-8H,2-5,11H2,1H3,(H,12,15)(H,17,18,19)/t9-,10+,11-;6-,7+,8-/m00/s1. The van der Waals surface area contributed by atoms with Crippen molar-refractivity contribution in [1.82, 2.24) is 36.2 Å². The molecule has 7 amide bonds. The van der Waals surface area contributed by atoms with Gasteiger partial charge in [-0.1, -0.05) is 0 Å². The zero-order valence-corrected chi connectivity index (χ0v) is 30.0. The number of rotatable bonds is 13. The van der Waals surface area contributed by atoms with E-state index in [0.717, 1.165) is 4.90 Å². The first kappa shape index (κ1) is 41.8. The number of nitrogens with one attached hydrogen (secondary N) is 3. The lowest BCUT2D eigenvalue weighted by Gasteiger charge is -2.29. The highest BCUT2D eigenvalue weighted by molar-refractivity contribution is 7.81. The average molecular weight is 777 g/mol. The van der Waals surface area contributed by atoms with Gasteiger partial charge in [0.1, 0.15) is 17.7 Å². The van der Waals surface area contributed by atoms with Crippen molar-refractivity contribution >= 4 is 50.8 Å². The van der Waals surface area contributed by atoms with Crippen molar-refractivity contribution in [1.29, 1.82) is 0 Å². The predicted octanol–water partition coefficient (Wildman–Crippen LogP) is -1.67. The van der Waals surface area contributed by atoms with Crippen LogP contribution in [0.25, 0.3) is 0 Å². The average Bonchev–Trinajstić information content (AvgIpc) is 3.34. The van der Waals surface area contributed by atoms with Gasteiger partial charge in [-0.2, -0.15) is 27.0 Å². The number of alkyl carbamates (subject to hydrolysis) is 1. The summed E-state index contributed by atoms with van der Waals surface area (Å²) in [5.74, 6) is -1.13. The van der Waals surface area contributed by atoms with E-state index in [0.29, 0.717) is 29.4 Å². The Bertz CT molecular complexity index is 1520. The van der Waals surface area contributed by atoms with Crippen molar-refractivity contribution in [2.45, 2.75) is 102 Å². The molecule has 0 saturated carbocycles. The van der Waals surface area contributed by atoms with E-state index in [1.807, 2.05) is 0 Å². The number of hydrogen-bond donors (Lipinski definition) is 6. The Kier molecular flexibility index (Phi) is 13.8. The van der Waals surface area contributed by atoms with E-state index in [9.17, 15) is 40.8 Å². The smallest absolute Gasteiger partial charge is 0.418 e. The van der Waals surface area contributed by atoms with Crippen LogP contribution in [-0.4, -0.2) is 144 Å². The van der Waals surface area contributed by atoms with Gasteiger partial charge in [-0.15, -0.1) is 8.57 Å². The normalized spacial score (nSPS) is 24.4. The number of nitrogens with zero attached hydrogens (tertiary/aromatic N) is 4. The minimum atomic E-state index is -4.85. The Morgan fingerprint density at radius 1 is 0.804 bits per heavy atom. The van der Waals surface area contributed by atoms with Gasteiger partial charge in [-0.05, 0) is 60.3 Å². The number of ether oxygens (including phenoxy) is 1. The van der Waals surface area contributed by atoms with Gasteiger partial charge in [0.05, 0.1) is 31.3 Å². The van der Waals surface area contributed by atoms with Crippen molar-refractivity contribution in [3.8, 4) is 0 Å². The number of hydrogen-bond acceptors (Lipinski definition) is 15. The van der Waals surface area contributed by atoms with Crippen molar-refractivity contribution in [3.05, 3.63) is 0 Å². The maximum absolute atomic E-state index is 12.3. The molecule has 24 nitrogen and oxygen atoms in total. The highest BCUT2D eigenvalue weighted by Gasteiger charge is 2.50. The number of amides is 7. The molecule has 7 N–H and O–H groups in total. The van der Waals surface area contributed by atoms with Gasteiger partial charge >= 0.3 is 39.0 Å². The Morgan fingerprint density at radius 2 is 1.22 bits per heavy atom. The summed E-state index contributed by atoms with van der Waals surface area (Å²) < 4.78 is 74.4. The number of piperidine rings is 2. The van der Waals surface area contributed by atoms with Crippen molar-refractivity contribution in [2.75, 3.05) is 26.3 Å². The van der Waals surface area contributed by atoms with Crippen LogP contribution in [0.3, 0.4) is 0 Å². The van der Waals surface area contributed by atoms with E-state index in [-0.39, 0.29) is 38.8 Å². The van der Waals surface area contributed by atoms with E-state index >= 15 is 0 Å². The van der Waals surface area contributed by atoms with Crippen molar-refractivity contribution < 1.29 is 72.9 Å². The third kappa shape index (κ3) is 12.5. The molecular formula is C25H44N8O16S2. The summed E-state index contributed by atoms with van der Waals surface area (Å²) in [6, 6.07) is -5.18. The van der Waals surface area contributed by atoms with Crippen LogP contribution in [0.15, 0.2) is 0 Å². The lowest BCUT2D eigenvalue weighted by molar-refractivity contribution is -0.139. The molecule has 0 spiro atoms.